The molecule has 4 aromatic heterocycles. The lowest BCUT2D eigenvalue weighted by Gasteiger charge is -2.29. The summed E-state index contributed by atoms with van der Waals surface area (Å²) in [4.78, 5) is 56.3. The van der Waals surface area contributed by atoms with Gasteiger partial charge in [-0.15, -0.1) is 0 Å². The molecule has 21 nitrogen and oxygen atoms in total. The van der Waals surface area contributed by atoms with Crippen LogP contribution in [0.5, 0.6) is 0 Å². The van der Waals surface area contributed by atoms with Gasteiger partial charge >= 0.3 is 15.6 Å². The van der Waals surface area contributed by atoms with Gasteiger partial charge in [-0.2, -0.15) is 4.98 Å². The number of imidazole rings is 2. The minimum atomic E-state index is -5.09. The molecule has 2 saturated heterocycles. The van der Waals surface area contributed by atoms with Crippen molar-refractivity contribution >= 4 is 49.7 Å². The number of fused-ring (bicyclic) bond motifs is 4. The number of aliphatic hydroxyl groups excluding tert-OH is 1. The van der Waals surface area contributed by atoms with Gasteiger partial charge in [0.15, 0.2) is 28.9 Å². The lowest BCUT2D eigenvalue weighted by molar-refractivity contribution is -0.0612. The average molecular weight is 686 g/mol. The normalized spacial score (nSPS) is 41.0. The topological polar surface area (TPSA) is 300 Å². The molecule has 246 valence electrons. The van der Waals surface area contributed by atoms with Crippen molar-refractivity contribution in [1.82, 2.24) is 39.0 Å². The van der Waals surface area contributed by atoms with Gasteiger partial charge < -0.3 is 35.7 Å². The number of phosphoric ester groups is 2. The number of aliphatic hydroxyl groups is 1. The molecule has 1 spiro atoms. The first-order valence-corrected chi connectivity index (χ1v) is 16.7. The predicted octanol–water partition coefficient (Wildman–Crippen LogP) is -0.701. The predicted molar refractivity (Wildman–Crippen MR) is 148 cm³/mol. The molecule has 2 aliphatic carbocycles. The molecule has 46 heavy (non-hydrogen) atoms. The third kappa shape index (κ3) is 4.52. The number of rotatable bonds is 2. The van der Waals surface area contributed by atoms with Crippen LogP contribution in [0.15, 0.2) is 23.8 Å². The summed E-state index contributed by atoms with van der Waals surface area (Å²) in [7, 11) is -10.2. The van der Waals surface area contributed by atoms with Gasteiger partial charge in [-0.3, -0.25) is 32.4 Å². The van der Waals surface area contributed by atoms with Gasteiger partial charge in [-0.25, -0.2) is 33.5 Å². The molecule has 4 fully saturated rings. The molecular weight excluding hydrogens is 661 g/mol. The summed E-state index contributed by atoms with van der Waals surface area (Å²) in [6.45, 7) is -1.47. The molecule has 11 atom stereocenters. The van der Waals surface area contributed by atoms with Crippen molar-refractivity contribution in [2.45, 2.75) is 49.3 Å². The number of anilines is 2. The van der Waals surface area contributed by atoms with E-state index in [2.05, 4.69) is 29.9 Å². The summed E-state index contributed by atoms with van der Waals surface area (Å²) in [5.74, 6) is -0.861. The third-order valence-electron chi connectivity index (χ3n) is 8.92. The van der Waals surface area contributed by atoms with E-state index < -0.39 is 88.6 Å². The maximum Gasteiger partial charge on any atom is 0.472 e. The van der Waals surface area contributed by atoms with E-state index in [9.17, 15) is 28.8 Å². The second-order valence-electron chi connectivity index (χ2n) is 11.5. The lowest BCUT2D eigenvalue weighted by atomic mass is 10.0. The molecular formula is C22H25FN10O11P2. The Morgan fingerprint density at radius 2 is 1.76 bits per heavy atom. The molecule has 2 saturated carbocycles. The van der Waals surface area contributed by atoms with Crippen LogP contribution in [-0.2, 0) is 32.0 Å². The summed E-state index contributed by atoms with van der Waals surface area (Å²) in [6, 6.07) is -1.05. The van der Waals surface area contributed by atoms with Gasteiger partial charge in [-0.1, -0.05) is 0 Å². The second-order valence-corrected chi connectivity index (χ2v) is 14.3. The van der Waals surface area contributed by atoms with Crippen molar-refractivity contribution in [2.75, 3.05) is 24.7 Å². The van der Waals surface area contributed by atoms with Crippen LogP contribution in [0.2, 0.25) is 0 Å². The fraction of sp³-hybridized carbons (Fsp3) is 0.545. The van der Waals surface area contributed by atoms with Crippen LogP contribution in [0, 0.1) is 11.3 Å². The Bertz CT molecular complexity index is 2040. The molecule has 3 unspecified atom stereocenters. The SMILES string of the molecule is Nc1nc2c(ncn2[C@@H]2O[C@@H]3COP(=O)(O)O[C@H]4[C@@H](F)[C@H](n5cnc6c(N)ncnc65)[C@H]5CC54COP(=O)(O)O[C@@H]2[C@@H]3O)c(=O)[nH]1. The second kappa shape index (κ2) is 10.0. The average Bonchev–Trinajstić information content (AvgIpc) is 3.26. The lowest BCUT2D eigenvalue weighted by Crippen LogP contribution is -2.35. The number of alkyl halides is 1. The van der Waals surface area contributed by atoms with Crippen molar-refractivity contribution in [1.29, 1.82) is 0 Å². The highest BCUT2D eigenvalue weighted by atomic mass is 31.2. The molecule has 0 radical (unpaired) electrons. The Hall–Kier alpha value is -3.43. The Balaban J connectivity index is 1.14. The summed E-state index contributed by atoms with van der Waals surface area (Å²) >= 11 is 0. The summed E-state index contributed by atoms with van der Waals surface area (Å²) in [5.41, 5.74) is 9.61. The van der Waals surface area contributed by atoms with Crippen LogP contribution in [0.4, 0.5) is 16.2 Å². The van der Waals surface area contributed by atoms with E-state index in [4.69, 9.17) is 34.3 Å². The Kier molecular flexibility index (Phi) is 6.53. The monoisotopic (exact) mass is 686 g/mol. The highest BCUT2D eigenvalue weighted by molar-refractivity contribution is 7.47. The van der Waals surface area contributed by atoms with Crippen LogP contribution in [-0.4, -0.2) is 97.7 Å². The summed E-state index contributed by atoms with van der Waals surface area (Å²) in [5, 5.41) is 11.1. The highest BCUT2D eigenvalue weighted by Gasteiger charge is 2.75. The molecule has 24 heteroatoms. The molecule has 0 aromatic carbocycles. The maximum absolute atomic E-state index is 16.3. The quantitative estimate of drug-likeness (QED) is 0.142. The number of nitrogens with one attached hydrogen (secondary N) is 1. The number of nitrogens with zero attached hydrogens (tertiary/aromatic N) is 7. The number of ether oxygens (including phenoxy) is 1. The molecule has 2 bridgehead atoms. The van der Waals surface area contributed by atoms with Gasteiger partial charge in [0.05, 0.1) is 31.9 Å². The van der Waals surface area contributed by atoms with Crippen molar-refractivity contribution < 1.29 is 51.2 Å². The molecule has 4 aromatic rings. The van der Waals surface area contributed by atoms with E-state index in [0.717, 1.165) is 10.9 Å². The first-order chi connectivity index (χ1) is 21.8. The van der Waals surface area contributed by atoms with Crippen LogP contribution < -0.4 is 17.0 Å². The van der Waals surface area contributed by atoms with Crippen molar-refractivity contribution in [2.24, 2.45) is 11.3 Å². The molecule has 8 N–H and O–H groups in total. The molecule has 8 rings (SSSR count). The van der Waals surface area contributed by atoms with Gasteiger partial charge in [0, 0.05) is 5.41 Å². The Labute approximate surface area is 254 Å². The number of hydrogen-bond acceptors (Lipinski definition) is 16. The third-order valence-corrected chi connectivity index (χ3v) is 10.9. The van der Waals surface area contributed by atoms with Crippen LogP contribution in [0.1, 0.15) is 18.7 Å². The molecule has 2 aliphatic heterocycles. The van der Waals surface area contributed by atoms with E-state index in [1.807, 2.05) is 0 Å². The number of halogens is 1. The highest BCUT2D eigenvalue weighted by Crippen LogP contribution is 2.72. The standard InChI is InChI=1S/C22H25FN10O11P2/c23-9-12(32-5-28-10-16(24)26-4-27-17(10)32)7-1-22(7)3-41-46(38,39)43-14-13(34)8(2-40-45(36,37)44-15(9)22)42-20(14)33-6-29-11-18(33)30-21(25)31-19(11)35/h4-9,12-15,20,34H,1-3H2,(H,36,37)(H,38,39)(H2,24,26,27)(H3,25,30,31,35)/t7-,8-,9+,12-,13-,14-,15+,20-,22?/m1/s1. The van der Waals surface area contributed by atoms with Crippen molar-refractivity contribution in [3.63, 3.8) is 0 Å². The number of aromatic nitrogens is 8. The van der Waals surface area contributed by atoms with E-state index in [-0.39, 0.29) is 40.5 Å². The van der Waals surface area contributed by atoms with Gasteiger partial charge in [0.25, 0.3) is 5.56 Å². The van der Waals surface area contributed by atoms with Crippen molar-refractivity contribution in [3.8, 4) is 0 Å². The fourth-order valence-electron chi connectivity index (χ4n) is 6.75. The Morgan fingerprint density at radius 1 is 1.02 bits per heavy atom. The zero-order chi connectivity index (χ0) is 32.3. The minimum Gasteiger partial charge on any atom is -0.387 e. The van der Waals surface area contributed by atoms with Crippen LogP contribution in [0.3, 0.4) is 0 Å². The van der Waals surface area contributed by atoms with Gasteiger partial charge in [0.2, 0.25) is 5.95 Å². The molecule has 4 aliphatic rings. The summed E-state index contributed by atoms with van der Waals surface area (Å²) < 4.78 is 72.5. The van der Waals surface area contributed by atoms with E-state index in [0.29, 0.717) is 0 Å². The van der Waals surface area contributed by atoms with E-state index >= 15 is 4.39 Å². The van der Waals surface area contributed by atoms with Crippen LogP contribution >= 0.6 is 15.6 Å². The number of H-pyrrole nitrogens is 1. The van der Waals surface area contributed by atoms with Crippen molar-refractivity contribution in [3.05, 3.63) is 29.3 Å². The number of nitrogen functional groups attached to an aromatic ring is 2. The smallest absolute Gasteiger partial charge is 0.387 e. The maximum atomic E-state index is 16.3. The first-order valence-electron chi connectivity index (χ1n) is 13.7. The minimum absolute atomic E-state index is 0.0588. The van der Waals surface area contributed by atoms with E-state index in [1.54, 1.807) is 0 Å². The number of hydrogen-bond donors (Lipinski definition) is 6. The zero-order valence-electron chi connectivity index (χ0n) is 23.1. The molecule has 6 heterocycles. The van der Waals surface area contributed by atoms with Gasteiger partial charge in [-0.05, 0) is 12.3 Å². The largest absolute Gasteiger partial charge is 0.472 e. The number of phosphoric acid groups is 2. The van der Waals surface area contributed by atoms with E-state index in [1.165, 1.54) is 17.2 Å². The fourth-order valence-corrected chi connectivity index (χ4v) is 8.76. The Morgan fingerprint density at radius 3 is 2.57 bits per heavy atom. The zero-order valence-corrected chi connectivity index (χ0v) is 24.9. The number of aromatic amines is 1. The van der Waals surface area contributed by atoms with Crippen LogP contribution in [0.25, 0.3) is 22.3 Å². The number of nitrogens with two attached hydrogens (primary N) is 2. The summed E-state index contributed by atoms with van der Waals surface area (Å²) in [6.07, 6.45) is -6.31. The van der Waals surface area contributed by atoms with Gasteiger partial charge in [0.1, 0.15) is 42.4 Å². The first kappa shape index (κ1) is 29.9. The molecule has 0 amide bonds.